The lowest BCUT2D eigenvalue weighted by Gasteiger charge is -2.39. The molecule has 1 nitrogen and oxygen atoms in total. The van der Waals surface area contributed by atoms with E-state index in [1.165, 1.54) is 62.5 Å². The van der Waals surface area contributed by atoms with E-state index in [0.717, 1.165) is 12.0 Å². The fraction of sp³-hybridized carbons (Fsp3) is 1.00. The molecule has 0 N–H and O–H groups in total. The van der Waals surface area contributed by atoms with Crippen LogP contribution >= 0.6 is 22.6 Å². The molecule has 0 radical (unpaired) electrons. The molecule has 1 atom stereocenters. The molecule has 0 aromatic rings. The number of halogens is 1. The van der Waals surface area contributed by atoms with Crippen LogP contribution in [-0.4, -0.2) is 28.5 Å². The average molecular weight is 307 g/mol. The van der Waals surface area contributed by atoms with E-state index in [1.807, 2.05) is 0 Å². The van der Waals surface area contributed by atoms with Crippen LogP contribution in [0.15, 0.2) is 0 Å². The van der Waals surface area contributed by atoms with E-state index in [-0.39, 0.29) is 0 Å². The molecular weight excluding hydrogens is 285 g/mol. The molecule has 1 aliphatic carbocycles. The normalized spacial score (nSPS) is 31.9. The van der Waals surface area contributed by atoms with Crippen molar-refractivity contribution in [2.75, 3.05) is 17.5 Å². The van der Waals surface area contributed by atoms with Gasteiger partial charge in [-0.1, -0.05) is 41.9 Å². The fourth-order valence-corrected chi connectivity index (χ4v) is 3.72. The molecule has 2 heteroatoms. The van der Waals surface area contributed by atoms with Gasteiger partial charge in [0, 0.05) is 17.0 Å². The van der Waals surface area contributed by atoms with Gasteiger partial charge in [-0.2, -0.15) is 0 Å². The van der Waals surface area contributed by atoms with Crippen molar-refractivity contribution >= 4 is 22.6 Å². The molecule has 82 valence electrons. The van der Waals surface area contributed by atoms with E-state index in [2.05, 4.69) is 27.5 Å². The number of hydrogen-bond donors (Lipinski definition) is 0. The van der Waals surface area contributed by atoms with Crippen LogP contribution in [0.5, 0.6) is 0 Å². The number of alkyl halides is 1. The molecule has 2 aliphatic rings. The van der Waals surface area contributed by atoms with Gasteiger partial charge in [0.2, 0.25) is 0 Å². The molecule has 1 unspecified atom stereocenters. The summed E-state index contributed by atoms with van der Waals surface area (Å²) in [5.41, 5.74) is 0. The zero-order valence-corrected chi connectivity index (χ0v) is 11.2. The van der Waals surface area contributed by atoms with Crippen molar-refractivity contribution in [3.05, 3.63) is 0 Å². The van der Waals surface area contributed by atoms with E-state index >= 15 is 0 Å². The Kier molecular flexibility index (Phi) is 4.54. The highest BCUT2D eigenvalue weighted by atomic mass is 127. The average Bonchev–Trinajstić information content (AvgIpc) is 2.30. The first-order valence-corrected chi connectivity index (χ1v) is 7.72. The highest BCUT2D eigenvalue weighted by Crippen LogP contribution is 2.27. The summed E-state index contributed by atoms with van der Waals surface area (Å²) in [5, 5.41) is 0. The molecule has 0 aromatic carbocycles. The largest absolute Gasteiger partial charge is 0.300 e. The third-order valence-corrected chi connectivity index (χ3v) is 5.11. The third kappa shape index (κ3) is 2.84. The lowest BCUT2D eigenvalue weighted by atomic mass is 9.91. The first kappa shape index (κ1) is 11.2. The van der Waals surface area contributed by atoms with Crippen molar-refractivity contribution in [1.82, 2.24) is 4.90 Å². The molecule has 2 fully saturated rings. The number of likely N-dealkylation sites (tertiary alicyclic amines) is 1. The van der Waals surface area contributed by atoms with Crippen LogP contribution in [0.3, 0.4) is 0 Å². The van der Waals surface area contributed by atoms with Crippen LogP contribution in [0.4, 0.5) is 0 Å². The Morgan fingerprint density at radius 2 is 1.79 bits per heavy atom. The monoisotopic (exact) mass is 307 g/mol. The second-order valence-corrected chi connectivity index (χ2v) is 5.83. The maximum absolute atomic E-state index is 2.80. The van der Waals surface area contributed by atoms with Gasteiger partial charge in [-0.25, -0.2) is 0 Å². The number of hydrogen-bond acceptors (Lipinski definition) is 1. The SMILES string of the molecule is ICC1CCCN(C2CCCCC2)C1. The van der Waals surface area contributed by atoms with Crippen LogP contribution < -0.4 is 0 Å². The quantitative estimate of drug-likeness (QED) is 0.558. The van der Waals surface area contributed by atoms with Crippen LogP contribution in [0.25, 0.3) is 0 Å². The van der Waals surface area contributed by atoms with Gasteiger partial charge in [-0.15, -0.1) is 0 Å². The predicted octanol–water partition coefficient (Wildman–Crippen LogP) is 3.47. The van der Waals surface area contributed by atoms with Crippen molar-refractivity contribution in [3.63, 3.8) is 0 Å². The van der Waals surface area contributed by atoms with E-state index < -0.39 is 0 Å². The van der Waals surface area contributed by atoms with E-state index in [4.69, 9.17) is 0 Å². The summed E-state index contributed by atoms with van der Waals surface area (Å²) in [4.78, 5) is 2.80. The van der Waals surface area contributed by atoms with Crippen molar-refractivity contribution < 1.29 is 0 Å². The first-order chi connectivity index (χ1) is 6.90. The van der Waals surface area contributed by atoms with Gasteiger partial charge in [0.15, 0.2) is 0 Å². The van der Waals surface area contributed by atoms with Crippen LogP contribution in [0, 0.1) is 5.92 Å². The molecule has 14 heavy (non-hydrogen) atoms. The summed E-state index contributed by atoms with van der Waals surface area (Å²) in [5.74, 6) is 0.992. The van der Waals surface area contributed by atoms with Crippen LogP contribution in [-0.2, 0) is 0 Å². The fourth-order valence-electron chi connectivity index (χ4n) is 3.00. The molecule has 0 amide bonds. The predicted molar refractivity (Wildman–Crippen MR) is 70.1 cm³/mol. The van der Waals surface area contributed by atoms with Gasteiger partial charge in [-0.05, 0) is 38.1 Å². The minimum atomic E-state index is 0.953. The van der Waals surface area contributed by atoms with Gasteiger partial charge in [-0.3, -0.25) is 0 Å². The van der Waals surface area contributed by atoms with E-state index in [0.29, 0.717) is 0 Å². The Labute approximate surface area is 102 Å². The zero-order valence-electron chi connectivity index (χ0n) is 9.05. The first-order valence-electron chi connectivity index (χ1n) is 6.20. The standard InChI is InChI=1S/C12H22IN/c13-9-11-5-4-8-14(10-11)12-6-2-1-3-7-12/h11-12H,1-10H2. The number of rotatable bonds is 2. The maximum Gasteiger partial charge on any atom is 0.00953 e. The Bertz CT molecular complexity index is 166. The Morgan fingerprint density at radius 1 is 1.00 bits per heavy atom. The third-order valence-electron chi connectivity index (χ3n) is 3.86. The Balaban J connectivity index is 1.83. The van der Waals surface area contributed by atoms with Crippen LogP contribution in [0.1, 0.15) is 44.9 Å². The minimum absolute atomic E-state index is 0.953. The van der Waals surface area contributed by atoms with Crippen molar-refractivity contribution in [2.45, 2.75) is 51.0 Å². The zero-order chi connectivity index (χ0) is 9.80. The highest BCUT2D eigenvalue weighted by Gasteiger charge is 2.26. The molecule has 2 rings (SSSR count). The van der Waals surface area contributed by atoms with Gasteiger partial charge >= 0.3 is 0 Å². The molecule has 0 bridgehead atoms. The molecule has 1 saturated heterocycles. The van der Waals surface area contributed by atoms with E-state index in [1.54, 1.807) is 0 Å². The number of piperidine rings is 1. The molecule has 1 saturated carbocycles. The second-order valence-electron chi connectivity index (χ2n) is 4.95. The molecule has 1 aliphatic heterocycles. The summed E-state index contributed by atoms with van der Waals surface area (Å²) in [6.07, 6.45) is 10.3. The van der Waals surface area contributed by atoms with Gasteiger partial charge < -0.3 is 4.90 Å². The van der Waals surface area contributed by atoms with Crippen molar-refractivity contribution in [2.24, 2.45) is 5.92 Å². The summed E-state index contributed by atoms with van der Waals surface area (Å²) in [6, 6.07) is 0.953. The topological polar surface area (TPSA) is 3.24 Å². The van der Waals surface area contributed by atoms with Gasteiger partial charge in [0.1, 0.15) is 0 Å². The minimum Gasteiger partial charge on any atom is -0.300 e. The molecule has 1 heterocycles. The Hall–Kier alpha value is 0.690. The summed E-state index contributed by atoms with van der Waals surface area (Å²) < 4.78 is 1.36. The Morgan fingerprint density at radius 3 is 2.50 bits per heavy atom. The highest BCUT2D eigenvalue weighted by molar-refractivity contribution is 14.1. The van der Waals surface area contributed by atoms with E-state index in [9.17, 15) is 0 Å². The lowest BCUT2D eigenvalue weighted by molar-refractivity contribution is 0.106. The van der Waals surface area contributed by atoms with Gasteiger partial charge in [0.05, 0.1) is 0 Å². The molecule has 0 spiro atoms. The van der Waals surface area contributed by atoms with Crippen LogP contribution in [0.2, 0.25) is 0 Å². The van der Waals surface area contributed by atoms with Crippen molar-refractivity contribution in [3.8, 4) is 0 Å². The van der Waals surface area contributed by atoms with Gasteiger partial charge in [0.25, 0.3) is 0 Å². The molecule has 0 aromatic heterocycles. The molecular formula is C12H22IN. The lowest BCUT2D eigenvalue weighted by Crippen LogP contribution is -2.43. The van der Waals surface area contributed by atoms with Crippen molar-refractivity contribution in [1.29, 1.82) is 0 Å². The summed E-state index contributed by atoms with van der Waals surface area (Å²) in [7, 11) is 0. The summed E-state index contributed by atoms with van der Waals surface area (Å²) in [6.45, 7) is 2.78. The number of nitrogens with zero attached hydrogens (tertiary/aromatic N) is 1. The summed E-state index contributed by atoms with van der Waals surface area (Å²) >= 11 is 2.56. The second kappa shape index (κ2) is 5.69. The smallest absolute Gasteiger partial charge is 0.00953 e. The maximum atomic E-state index is 2.80.